The van der Waals surface area contributed by atoms with E-state index in [2.05, 4.69) is 5.32 Å². The molecular weight excluding hydrogens is 382 g/mol. The second kappa shape index (κ2) is 9.60. The first-order chi connectivity index (χ1) is 14.5. The molecule has 0 radical (unpaired) electrons. The Labute approximate surface area is 175 Å². The van der Waals surface area contributed by atoms with Gasteiger partial charge in [0.2, 0.25) is 6.10 Å². The molecule has 3 rings (SSSR count). The summed E-state index contributed by atoms with van der Waals surface area (Å²) in [5.74, 6) is 0.221. The average Bonchev–Trinajstić information content (AvgIpc) is 2.78. The van der Waals surface area contributed by atoms with Crippen LogP contribution >= 0.6 is 0 Å². The topological polar surface area (TPSA) is 73.9 Å². The van der Waals surface area contributed by atoms with Crippen molar-refractivity contribution in [3.63, 3.8) is 0 Å². The molecular formula is C24H23NO5. The van der Waals surface area contributed by atoms with Crippen molar-refractivity contribution in [2.45, 2.75) is 13.0 Å². The second-order valence-electron chi connectivity index (χ2n) is 6.62. The summed E-state index contributed by atoms with van der Waals surface area (Å²) in [4.78, 5) is 24.8. The van der Waals surface area contributed by atoms with Crippen LogP contribution in [-0.2, 0) is 9.53 Å². The molecule has 0 saturated carbocycles. The van der Waals surface area contributed by atoms with Crippen LogP contribution in [0.15, 0.2) is 72.8 Å². The average molecular weight is 405 g/mol. The summed E-state index contributed by atoms with van der Waals surface area (Å²) in [6.07, 6.45) is -0.902. The first-order valence-electron chi connectivity index (χ1n) is 9.37. The molecule has 0 aliphatic rings. The lowest BCUT2D eigenvalue weighted by Gasteiger charge is -2.20. The van der Waals surface area contributed by atoms with Crippen LogP contribution in [0.1, 0.15) is 27.6 Å². The fourth-order valence-corrected chi connectivity index (χ4v) is 2.94. The predicted octanol–water partition coefficient (Wildman–Crippen LogP) is 4.55. The highest BCUT2D eigenvalue weighted by Gasteiger charge is 2.24. The van der Waals surface area contributed by atoms with Crippen molar-refractivity contribution >= 4 is 17.6 Å². The number of hydrogen-bond donors (Lipinski definition) is 1. The molecule has 0 spiro atoms. The SMILES string of the molecule is COC(=O)c1ccc(O[C@H](C(=O)Nc2cc(C)ccc2OC)c2ccccc2)cc1. The highest BCUT2D eigenvalue weighted by Crippen LogP contribution is 2.29. The summed E-state index contributed by atoms with van der Waals surface area (Å²) in [5, 5.41) is 2.90. The van der Waals surface area contributed by atoms with E-state index < -0.39 is 12.1 Å². The van der Waals surface area contributed by atoms with Gasteiger partial charge in [-0.3, -0.25) is 4.79 Å². The number of methoxy groups -OCH3 is 2. The van der Waals surface area contributed by atoms with Gasteiger partial charge in [-0.15, -0.1) is 0 Å². The van der Waals surface area contributed by atoms with Crippen LogP contribution in [-0.4, -0.2) is 26.1 Å². The van der Waals surface area contributed by atoms with E-state index in [-0.39, 0.29) is 5.91 Å². The molecule has 0 heterocycles. The van der Waals surface area contributed by atoms with Crippen molar-refractivity contribution in [3.05, 3.63) is 89.5 Å². The number of carbonyl (C=O) groups is 2. The molecule has 6 heteroatoms. The lowest BCUT2D eigenvalue weighted by molar-refractivity contribution is -0.123. The maximum absolute atomic E-state index is 13.2. The van der Waals surface area contributed by atoms with E-state index in [4.69, 9.17) is 14.2 Å². The van der Waals surface area contributed by atoms with Crippen LogP contribution in [0, 0.1) is 6.92 Å². The van der Waals surface area contributed by atoms with Gasteiger partial charge in [-0.2, -0.15) is 0 Å². The van der Waals surface area contributed by atoms with Gasteiger partial charge in [-0.25, -0.2) is 4.79 Å². The molecule has 0 fully saturated rings. The second-order valence-corrected chi connectivity index (χ2v) is 6.62. The molecule has 0 unspecified atom stereocenters. The summed E-state index contributed by atoms with van der Waals surface area (Å²) < 4.78 is 16.1. The van der Waals surface area contributed by atoms with E-state index in [9.17, 15) is 9.59 Å². The number of esters is 1. The molecule has 1 N–H and O–H groups in total. The summed E-state index contributed by atoms with van der Waals surface area (Å²) in [7, 11) is 2.87. The van der Waals surface area contributed by atoms with Crippen molar-refractivity contribution < 1.29 is 23.8 Å². The van der Waals surface area contributed by atoms with E-state index in [0.717, 1.165) is 5.56 Å². The van der Waals surface area contributed by atoms with Crippen LogP contribution in [0.3, 0.4) is 0 Å². The zero-order valence-corrected chi connectivity index (χ0v) is 17.0. The number of hydrogen-bond acceptors (Lipinski definition) is 5. The van der Waals surface area contributed by atoms with Gasteiger partial charge in [0.1, 0.15) is 11.5 Å². The van der Waals surface area contributed by atoms with E-state index in [0.29, 0.717) is 28.3 Å². The van der Waals surface area contributed by atoms with Gasteiger partial charge in [0.05, 0.1) is 25.5 Å². The Kier molecular flexibility index (Phi) is 6.70. The Balaban J connectivity index is 1.87. The Morgan fingerprint density at radius 3 is 2.23 bits per heavy atom. The minimum atomic E-state index is -0.902. The largest absolute Gasteiger partial charge is 0.495 e. The van der Waals surface area contributed by atoms with Gasteiger partial charge >= 0.3 is 5.97 Å². The molecule has 1 atom stereocenters. The summed E-state index contributed by atoms with van der Waals surface area (Å²) in [6, 6.07) is 21.2. The number of benzene rings is 3. The van der Waals surface area contributed by atoms with E-state index >= 15 is 0 Å². The van der Waals surface area contributed by atoms with Gasteiger partial charge < -0.3 is 19.5 Å². The molecule has 3 aromatic rings. The number of carbonyl (C=O) groups excluding carboxylic acids is 2. The van der Waals surface area contributed by atoms with Crippen molar-refractivity contribution in [2.75, 3.05) is 19.5 Å². The molecule has 1 amide bonds. The van der Waals surface area contributed by atoms with Crippen LogP contribution < -0.4 is 14.8 Å². The lowest BCUT2D eigenvalue weighted by Crippen LogP contribution is -2.26. The van der Waals surface area contributed by atoms with Crippen LogP contribution in [0.5, 0.6) is 11.5 Å². The number of ether oxygens (including phenoxy) is 3. The van der Waals surface area contributed by atoms with Crippen LogP contribution in [0.25, 0.3) is 0 Å². The molecule has 30 heavy (non-hydrogen) atoms. The maximum Gasteiger partial charge on any atom is 0.337 e. The number of aryl methyl sites for hydroxylation is 1. The Morgan fingerprint density at radius 2 is 1.60 bits per heavy atom. The molecule has 0 aliphatic heterocycles. The third-order valence-electron chi connectivity index (χ3n) is 4.48. The number of amides is 1. The first-order valence-corrected chi connectivity index (χ1v) is 9.37. The summed E-state index contributed by atoms with van der Waals surface area (Å²) >= 11 is 0. The van der Waals surface area contributed by atoms with Gasteiger partial charge in [0.15, 0.2) is 0 Å². The first kappa shape index (κ1) is 20.9. The molecule has 154 valence electrons. The van der Waals surface area contributed by atoms with Gasteiger partial charge in [0, 0.05) is 5.56 Å². The third-order valence-corrected chi connectivity index (χ3v) is 4.48. The number of rotatable bonds is 7. The zero-order chi connectivity index (χ0) is 21.5. The van der Waals surface area contributed by atoms with Gasteiger partial charge in [0.25, 0.3) is 5.91 Å². The monoisotopic (exact) mass is 405 g/mol. The summed E-state index contributed by atoms with van der Waals surface area (Å²) in [5.41, 5.74) is 2.64. The van der Waals surface area contributed by atoms with Gasteiger partial charge in [-0.1, -0.05) is 36.4 Å². The van der Waals surface area contributed by atoms with Crippen molar-refractivity contribution in [1.82, 2.24) is 0 Å². The fraction of sp³-hybridized carbons (Fsp3) is 0.167. The highest BCUT2D eigenvalue weighted by molar-refractivity contribution is 5.96. The quantitative estimate of drug-likeness (QED) is 0.584. The van der Waals surface area contributed by atoms with Crippen molar-refractivity contribution in [3.8, 4) is 11.5 Å². The van der Waals surface area contributed by atoms with Crippen molar-refractivity contribution in [1.29, 1.82) is 0 Å². The number of anilines is 1. The van der Waals surface area contributed by atoms with Crippen LogP contribution in [0.2, 0.25) is 0 Å². The molecule has 0 saturated heterocycles. The normalized spacial score (nSPS) is 11.3. The predicted molar refractivity (Wildman–Crippen MR) is 114 cm³/mol. The third kappa shape index (κ3) is 4.97. The summed E-state index contributed by atoms with van der Waals surface area (Å²) in [6.45, 7) is 1.93. The minimum Gasteiger partial charge on any atom is -0.495 e. The smallest absolute Gasteiger partial charge is 0.337 e. The molecule has 0 aliphatic carbocycles. The Bertz CT molecular complexity index is 1020. The molecule has 6 nitrogen and oxygen atoms in total. The Hall–Kier alpha value is -3.80. The minimum absolute atomic E-state index is 0.345. The zero-order valence-electron chi connectivity index (χ0n) is 17.0. The van der Waals surface area contributed by atoms with E-state index in [1.54, 1.807) is 37.4 Å². The standard InChI is InChI=1S/C24H23NO5/c1-16-9-14-21(28-2)20(15-16)25-23(26)22(17-7-5-4-6-8-17)30-19-12-10-18(11-13-19)24(27)29-3/h4-15,22H,1-3H3,(H,25,26)/t22-/m0/s1. The van der Waals surface area contributed by atoms with E-state index in [1.807, 2.05) is 49.4 Å². The number of nitrogens with one attached hydrogen (secondary N) is 1. The highest BCUT2D eigenvalue weighted by atomic mass is 16.5. The fourth-order valence-electron chi connectivity index (χ4n) is 2.94. The van der Waals surface area contributed by atoms with E-state index in [1.165, 1.54) is 7.11 Å². The van der Waals surface area contributed by atoms with Gasteiger partial charge in [-0.05, 0) is 48.9 Å². The molecule has 0 bridgehead atoms. The van der Waals surface area contributed by atoms with Crippen molar-refractivity contribution in [2.24, 2.45) is 0 Å². The van der Waals surface area contributed by atoms with Crippen LogP contribution in [0.4, 0.5) is 5.69 Å². The molecule has 0 aromatic heterocycles. The maximum atomic E-state index is 13.2. The molecule has 3 aromatic carbocycles. The Morgan fingerprint density at radius 1 is 0.900 bits per heavy atom. The lowest BCUT2D eigenvalue weighted by atomic mass is 10.1.